The number of halogens is 1. The summed E-state index contributed by atoms with van der Waals surface area (Å²) in [7, 11) is 1.59. The van der Waals surface area contributed by atoms with E-state index in [2.05, 4.69) is 31.6 Å². The molecular formula is C22H18BrN5O4. The topological polar surface area (TPSA) is 106 Å². The standard InChI is InChI=1S/C22H18BrN5O4/c1-32-19-8-13(23)3-5-15(19)17-11-28(26-25-17)14-4-2-12-10-27(22(31)16(12)9-14)18-6-7-20(29)24-21(18)30/h2-5,8-9,11,18H,6-7,10H2,1H3,(H,24,29,30). The van der Waals surface area contributed by atoms with Gasteiger partial charge in [0.15, 0.2) is 0 Å². The minimum Gasteiger partial charge on any atom is -0.496 e. The lowest BCUT2D eigenvalue weighted by Gasteiger charge is -2.29. The van der Waals surface area contributed by atoms with Crippen molar-refractivity contribution in [1.29, 1.82) is 0 Å². The van der Waals surface area contributed by atoms with Gasteiger partial charge in [0.2, 0.25) is 11.8 Å². The van der Waals surface area contributed by atoms with Gasteiger partial charge >= 0.3 is 0 Å². The number of nitrogens with one attached hydrogen (secondary N) is 1. The number of aromatic nitrogens is 3. The van der Waals surface area contributed by atoms with Crippen LogP contribution in [-0.4, -0.2) is 50.8 Å². The second-order valence-electron chi connectivity index (χ2n) is 7.63. The molecule has 32 heavy (non-hydrogen) atoms. The zero-order valence-corrected chi connectivity index (χ0v) is 18.6. The molecule has 0 aliphatic carbocycles. The van der Waals surface area contributed by atoms with Crippen molar-refractivity contribution in [3.63, 3.8) is 0 Å². The van der Waals surface area contributed by atoms with Crippen molar-refractivity contribution in [3.05, 3.63) is 58.2 Å². The highest BCUT2D eigenvalue weighted by Gasteiger charge is 2.39. The van der Waals surface area contributed by atoms with E-state index in [1.54, 1.807) is 24.1 Å². The molecule has 1 N–H and O–H groups in total. The van der Waals surface area contributed by atoms with E-state index in [0.717, 1.165) is 15.6 Å². The van der Waals surface area contributed by atoms with Crippen molar-refractivity contribution in [1.82, 2.24) is 25.2 Å². The van der Waals surface area contributed by atoms with Gasteiger partial charge in [-0.1, -0.05) is 27.2 Å². The maximum absolute atomic E-state index is 13.0. The molecule has 1 atom stereocenters. The van der Waals surface area contributed by atoms with Crippen LogP contribution in [0.1, 0.15) is 28.8 Å². The number of ether oxygens (including phenoxy) is 1. The van der Waals surface area contributed by atoms with E-state index in [-0.39, 0.29) is 18.2 Å². The first-order valence-corrected chi connectivity index (χ1v) is 10.8. The SMILES string of the molecule is COc1cc(Br)ccc1-c1cn(-c2ccc3c(c2)C(=O)N(C2CCC(=O)NC2=O)C3)nn1. The Morgan fingerprint density at radius 3 is 2.75 bits per heavy atom. The van der Waals surface area contributed by atoms with Crippen molar-refractivity contribution in [2.75, 3.05) is 7.11 Å². The Bertz CT molecular complexity index is 1270. The van der Waals surface area contributed by atoms with Crippen LogP contribution in [0.15, 0.2) is 47.1 Å². The first-order chi connectivity index (χ1) is 15.4. The zero-order valence-electron chi connectivity index (χ0n) is 17.0. The van der Waals surface area contributed by atoms with Gasteiger partial charge in [-0.3, -0.25) is 19.7 Å². The third-order valence-electron chi connectivity index (χ3n) is 5.71. The number of carbonyl (C=O) groups excluding carboxylic acids is 3. The molecule has 0 bridgehead atoms. The largest absolute Gasteiger partial charge is 0.496 e. The second-order valence-corrected chi connectivity index (χ2v) is 8.55. The van der Waals surface area contributed by atoms with Gasteiger partial charge < -0.3 is 9.64 Å². The van der Waals surface area contributed by atoms with Crippen molar-refractivity contribution in [3.8, 4) is 22.7 Å². The van der Waals surface area contributed by atoms with Crippen molar-refractivity contribution in [2.45, 2.75) is 25.4 Å². The number of piperidine rings is 1. The van der Waals surface area contributed by atoms with Gasteiger partial charge in [0.05, 0.1) is 19.0 Å². The summed E-state index contributed by atoms with van der Waals surface area (Å²) in [5.41, 5.74) is 3.45. The third-order valence-corrected chi connectivity index (χ3v) is 6.20. The number of rotatable bonds is 4. The van der Waals surface area contributed by atoms with Crippen LogP contribution in [0, 0.1) is 0 Å². The van der Waals surface area contributed by atoms with Crippen molar-refractivity contribution < 1.29 is 19.1 Å². The number of benzene rings is 2. The first-order valence-electron chi connectivity index (χ1n) is 9.99. The maximum atomic E-state index is 13.0. The summed E-state index contributed by atoms with van der Waals surface area (Å²) in [6, 6.07) is 10.5. The molecule has 9 nitrogen and oxygen atoms in total. The molecular weight excluding hydrogens is 478 g/mol. The molecule has 3 aromatic rings. The van der Waals surface area contributed by atoms with Crippen molar-refractivity contribution in [2.24, 2.45) is 0 Å². The number of carbonyl (C=O) groups is 3. The molecule has 3 heterocycles. The maximum Gasteiger partial charge on any atom is 0.255 e. The average molecular weight is 496 g/mol. The minimum absolute atomic E-state index is 0.225. The predicted molar refractivity (Wildman–Crippen MR) is 117 cm³/mol. The van der Waals surface area contributed by atoms with Gasteiger partial charge in [0.25, 0.3) is 5.91 Å². The Labute approximate surface area is 191 Å². The number of hydrogen-bond donors (Lipinski definition) is 1. The van der Waals surface area contributed by atoms with Gasteiger partial charge in [-0.15, -0.1) is 5.10 Å². The molecule has 5 rings (SSSR count). The third kappa shape index (κ3) is 3.46. The summed E-state index contributed by atoms with van der Waals surface area (Å²) in [4.78, 5) is 38.2. The fourth-order valence-electron chi connectivity index (χ4n) is 4.08. The summed E-state index contributed by atoms with van der Waals surface area (Å²) >= 11 is 3.43. The fourth-order valence-corrected chi connectivity index (χ4v) is 4.42. The van der Waals surface area contributed by atoms with Crippen LogP contribution in [-0.2, 0) is 16.1 Å². The molecule has 1 aromatic heterocycles. The number of methoxy groups -OCH3 is 1. The van der Waals surface area contributed by atoms with Crippen LogP contribution in [0.4, 0.5) is 0 Å². The van der Waals surface area contributed by atoms with E-state index >= 15 is 0 Å². The van der Waals surface area contributed by atoms with Crippen LogP contribution in [0.2, 0.25) is 0 Å². The van der Waals surface area contributed by atoms with Crippen LogP contribution in [0.5, 0.6) is 5.75 Å². The van der Waals surface area contributed by atoms with Crippen LogP contribution in [0.3, 0.4) is 0 Å². The number of hydrogen-bond acceptors (Lipinski definition) is 6. The molecule has 2 aliphatic heterocycles. The summed E-state index contributed by atoms with van der Waals surface area (Å²) in [6.45, 7) is 0.333. The van der Waals surface area contributed by atoms with Gasteiger partial charge in [-0.05, 0) is 42.3 Å². The van der Waals surface area contributed by atoms with E-state index < -0.39 is 11.9 Å². The predicted octanol–water partition coefficient (Wildman–Crippen LogP) is 2.47. The zero-order chi connectivity index (χ0) is 22.4. The lowest BCUT2D eigenvalue weighted by Crippen LogP contribution is -2.52. The molecule has 1 saturated heterocycles. The van der Waals surface area contributed by atoms with E-state index in [9.17, 15) is 14.4 Å². The highest BCUT2D eigenvalue weighted by molar-refractivity contribution is 9.10. The molecule has 10 heteroatoms. The Morgan fingerprint density at radius 2 is 1.97 bits per heavy atom. The van der Waals surface area contributed by atoms with Crippen molar-refractivity contribution >= 4 is 33.7 Å². The number of amides is 3. The lowest BCUT2D eigenvalue weighted by atomic mass is 10.0. The molecule has 1 fully saturated rings. The number of imide groups is 1. The summed E-state index contributed by atoms with van der Waals surface area (Å²) < 4.78 is 7.93. The van der Waals surface area contributed by atoms with Crippen LogP contribution in [0.25, 0.3) is 16.9 Å². The fraction of sp³-hybridized carbons (Fsp3) is 0.227. The Balaban J connectivity index is 1.42. The average Bonchev–Trinajstić information content (AvgIpc) is 3.39. The highest BCUT2D eigenvalue weighted by Crippen LogP contribution is 2.32. The van der Waals surface area contributed by atoms with Crippen LogP contribution >= 0.6 is 15.9 Å². The van der Waals surface area contributed by atoms with E-state index in [4.69, 9.17) is 4.74 Å². The molecule has 0 saturated carbocycles. The van der Waals surface area contributed by atoms with E-state index in [0.29, 0.717) is 35.7 Å². The van der Waals surface area contributed by atoms with Crippen LogP contribution < -0.4 is 10.1 Å². The minimum atomic E-state index is -0.640. The summed E-state index contributed by atoms with van der Waals surface area (Å²) in [5, 5.41) is 10.8. The van der Waals surface area contributed by atoms with Gasteiger partial charge in [-0.2, -0.15) is 0 Å². The molecule has 2 aromatic carbocycles. The number of nitrogens with zero attached hydrogens (tertiary/aromatic N) is 4. The monoisotopic (exact) mass is 495 g/mol. The summed E-state index contributed by atoms with van der Waals surface area (Å²) in [6.07, 6.45) is 2.33. The normalized spacial score (nSPS) is 18.0. The number of fused-ring (bicyclic) bond motifs is 1. The molecule has 2 aliphatic rings. The second kappa shape index (κ2) is 7.86. The van der Waals surface area contributed by atoms with Gasteiger partial charge in [-0.25, -0.2) is 4.68 Å². The van der Waals surface area contributed by atoms with E-state index in [1.165, 1.54) is 4.90 Å². The molecule has 3 amide bonds. The molecule has 0 spiro atoms. The lowest BCUT2D eigenvalue weighted by molar-refractivity contribution is -0.136. The van der Waals surface area contributed by atoms with Gasteiger partial charge in [0, 0.05) is 28.6 Å². The Kier molecular flexibility index (Phi) is 5.01. The Hall–Kier alpha value is -3.53. The molecule has 162 valence electrons. The quantitative estimate of drug-likeness (QED) is 0.557. The summed E-state index contributed by atoms with van der Waals surface area (Å²) in [5.74, 6) is -0.296. The molecule has 0 radical (unpaired) electrons. The Morgan fingerprint density at radius 1 is 1.12 bits per heavy atom. The van der Waals surface area contributed by atoms with E-state index in [1.807, 2.05) is 30.3 Å². The highest BCUT2D eigenvalue weighted by atomic mass is 79.9. The smallest absolute Gasteiger partial charge is 0.255 e. The molecule has 1 unspecified atom stereocenters. The first kappa shape index (κ1) is 20.4. The van der Waals surface area contributed by atoms with Gasteiger partial charge in [0.1, 0.15) is 17.5 Å².